The van der Waals surface area contributed by atoms with Crippen molar-refractivity contribution in [1.29, 1.82) is 0 Å². The number of nitrogens with zero attached hydrogens (tertiary/aromatic N) is 1. The molecule has 0 aliphatic rings. The van der Waals surface area contributed by atoms with E-state index in [2.05, 4.69) is 0 Å². The summed E-state index contributed by atoms with van der Waals surface area (Å²) in [6.45, 7) is 4.00. The van der Waals surface area contributed by atoms with E-state index in [0.29, 0.717) is 6.29 Å². The third-order valence-electron chi connectivity index (χ3n) is 1.33. The zero-order valence-corrected chi connectivity index (χ0v) is 7.93. The zero-order valence-electron chi connectivity index (χ0n) is 7.93. The maximum atomic E-state index is 10.2. The highest BCUT2D eigenvalue weighted by Crippen LogP contribution is 2.25. The van der Waals surface area contributed by atoms with Gasteiger partial charge >= 0.3 is 5.69 Å². The summed E-state index contributed by atoms with van der Waals surface area (Å²) in [5.41, 5.74) is -0.196. The summed E-state index contributed by atoms with van der Waals surface area (Å²) in [6.07, 6.45) is 0.503. The van der Waals surface area contributed by atoms with Crippen molar-refractivity contribution in [2.45, 2.75) is 13.8 Å². The fraction of sp³-hybridized carbons (Fsp3) is 0.222. The molecule has 0 atom stereocenters. The molecule has 0 fully saturated rings. The largest absolute Gasteiger partial charge is 0.502 e. The third-order valence-corrected chi connectivity index (χ3v) is 1.33. The first-order valence-electron chi connectivity index (χ1n) is 4.07. The molecule has 0 bridgehead atoms. The number of rotatable bonds is 2. The van der Waals surface area contributed by atoms with E-state index < -0.39 is 16.4 Å². The predicted octanol–water partition coefficient (Wildman–Crippen LogP) is 2.14. The Morgan fingerprint density at radius 2 is 2.00 bits per heavy atom. The lowest BCUT2D eigenvalue weighted by molar-refractivity contribution is -0.385. The summed E-state index contributed by atoms with van der Waals surface area (Å²) in [4.78, 5) is 19.6. The number of carbonyl (C=O) groups excluding carboxylic acids is 1. The van der Waals surface area contributed by atoms with Crippen LogP contribution in [0.4, 0.5) is 5.69 Å². The molecule has 1 aromatic rings. The highest BCUT2D eigenvalue weighted by atomic mass is 16.6. The van der Waals surface area contributed by atoms with Gasteiger partial charge in [-0.2, -0.15) is 0 Å². The molecule has 0 aliphatic heterocycles. The van der Waals surface area contributed by atoms with Gasteiger partial charge in [-0.1, -0.05) is 13.8 Å². The van der Waals surface area contributed by atoms with Crippen LogP contribution < -0.4 is 0 Å². The van der Waals surface area contributed by atoms with Crippen LogP contribution in [0.15, 0.2) is 18.2 Å². The van der Waals surface area contributed by atoms with Crippen LogP contribution in [0.25, 0.3) is 0 Å². The first-order chi connectivity index (χ1) is 6.65. The van der Waals surface area contributed by atoms with Crippen molar-refractivity contribution >= 4 is 12.0 Å². The van der Waals surface area contributed by atoms with Gasteiger partial charge in [0.05, 0.1) is 4.92 Å². The Kier molecular flexibility index (Phi) is 4.91. The van der Waals surface area contributed by atoms with Crippen molar-refractivity contribution in [3.05, 3.63) is 33.9 Å². The minimum atomic E-state index is -0.718. The molecule has 1 aromatic carbocycles. The molecule has 0 aliphatic carbocycles. The number of aromatic hydroxyl groups is 1. The van der Waals surface area contributed by atoms with Crippen LogP contribution in [-0.4, -0.2) is 16.3 Å². The van der Waals surface area contributed by atoms with Crippen LogP contribution in [0.1, 0.15) is 24.2 Å². The van der Waals surface area contributed by atoms with Crippen LogP contribution >= 0.6 is 0 Å². The van der Waals surface area contributed by atoms with Crippen molar-refractivity contribution in [3.63, 3.8) is 0 Å². The van der Waals surface area contributed by atoms with Gasteiger partial charge < -0.3 is 5.11 Å². The first kappa shape index (κ1) is 12.1. The van der Waals surface area contributed by atoms with Crippen molar-refractivity contribution in [2.24, 2.45) is 0 Å². The van der Waals surface area contributed by atoms with E-state index in [-0.39, 0.29) is 5.56 Å². The van der Waals surface area contributed by atoms with Gasteiger partial charge in [-0.05, 0) is 12.1 Å². The highest BCUT2D eigenvalue weighted by molar-refractivity contribution is 5.76. The molecule has 0 aromatic heterocycles. The molecule has 5 heteroatoms. The summed E-state index contributed by atoms with van der Waals surface area (Å²) in [5, 5.41) is 19.2. The van der Waals surface area contributed by atoms with E-state index in [1.54, 1.807) is 0 Å². The van der Waals surface area contributed by atoms with Gasteiger partial charge in [0.25, 0.3) is 0 Å². The number of nitro benzene ring substituents is 1. The summed E-state index contributed by atoms with van der Waals surface area (Å²) in [5.74, 6) is -0.496. The average molecular weight is 197 g/mol. The van der Waals surface area contributed by atoms with Crippen LogP contribution in [0.2, 0.25) is 0 Å². The van der Waals surface area contributed by atoms with Gasteiger partial charge in [-0.3, -0.25) is 14.9 Å². The molecule has 0 amide bonds. The number of hydrogen-bond acceptors (Lipinski definition) is 4. The number of nitro groups is 1. The Balaban J connectivity index is 0.000000791. The molecule has 1 rings (SSSR count). The number of aldehydes is 1. The molecule has 0 unspecified atom stereocenters. The van der Waals surface area contributed by atoms with Crippen molar-refractivity contribution in [3.8, 4) is 5.75 Å². The molecule has 14 heavy (non-hydrogen) atoms. The molecule has 0 saturated carbocycles. The quantitative estimate of drug-likeness (QED) is 0.447. The standard InChI is InChI=1S/C7H5NO4.C2H6/c9-4-5-1-2-6(8(11)12)7(10)3-5;1-2/h1-4,10H;1-2H3. The SMILES string of the molecule is CC.O=Cc1ccc([N+](=O)[O-])c(O)c1. The van der Waals surface area contributed by atoms with Gasteiger partial charge in [0.15, 0.2) is 5.75 Å². The Bertz CT molecular complexity index is 336. The van der Waals surface area contributed by atoms with Crippen molar-refractivity contribution in [2.75, 3.05) is 0 Å². The van der Waals surface area contributed by atoms with E-state index in [1.807, 2.05) is 13.8 Å². The van der Waals surface area contributed by atoms with Crippen LogP contribution in [0.3, 0.4) is 0 Å². The summed E-state index contributed by atoms with van der Waals surface area (Å²) in [7, 11) is 0. The molecule has 5 nitrogen and oxygen atoms in total. The van der Waals surface area contributed by atoms with Crippen molar-refractivity contribution in [1.82, 2.24) is 0 Å². The maximum absolute atomic E-state index is 10.2. The van der Waals surface area contributed by atoms with Gasteiger partial charge in [0.1, 0.15) is 6.29 Å². The lowest BCUT2D eigenvalue weighted by atomic mass is 10.2. The maximum Gasteiger partial charge on any atom is 0.310 e. The predicted molar refractivity (Wildman–Crippen MR) is 51.5 cm³/mol. The molecule has 0 heterocycles. The van der Waals surface area contributed by atoms with Crippen LogP contribution in [0, 0.1) is 10.1 Å². The summed E-state index contributed by atoms with van der Waals surface area (Å²) in [6, 6.07) is 3.40. The lowest BCUT2D eigenvalue weighted by Crippen LogP contribution is -1.89. The fourth-order valence-corrected chi connectivity index (χ4v) is 0.768. The number of phenolic OH excluding ortho intramolecular Hbond substituents is 1. The zero-order chi connectivity index (χ0) is 11.1. The minimum absolute atomic E-state index is 0.207. The monoisotopic (exact) mass is 197 g/mol. The Labute approximate surface area is 81.1 Å². The van der Waals surface area contributed by atoms with Gasteiger partial charge in [-0.25, -0.2) is 0 Å². The molecular weight excluding hydrogens is 186 g/mol. The number of phenols is 1. The fourth-order valence-electron chi connectivity index (χ4n) is 0.768. The van der Waals surface area contributed by atoms with Gasteiger partial charge in [-0.15, -0.1) is 0 Å². The second-order valence-corrected chi connectivity index (χ2v) is 2.12. The smallest absolute Gasteiger partial charge is 0.310 e. The Hall–Kier alpha value is -1.91. The summed E-state index contributed by atoms with van der Waals surface area (Å²) < 4.78 is 0. The summed E-state index contributed by atoms with van der Waals surface area (Å²) >= 11 is 0. The van der Waals surface area contributed by atoms with E-state index in [1.165, 1.54) is 6.07 Å². The van der Waals surface area contributed by atoms with E-state index in [0.717, 1.165) is 12.1 Å². The molecule has 0 radical (unpaired) electrons. The van der Waals surface area contributed by atoms with Crippen molar-refractivity contribution < 1.29 is 14.8 Å². The second-order valence-electron chi connectivity index (χ2n) is 2.12. The number of carbonyl (C=O) groups is 1. The second kappa shape index (κ2) is 5.69. The van der Waals surface area contributed by atoms with E-state index >= 15 is 0 Å². The van der Waals surface area contributed by atoms with E-state index in [4.69, 9.17) is 5.11 Å². The molecule has 76 valence electrons. The first-order valence-corrected chi connectivity index (χ1v) is 4.07. The Morgan fingerprint density at radius 1 is 1.43 bits per heavy atom. The molecule has 1 N–H and O–H groups in total. The molecule has 0 saturated heterocycles. The van der Waals surface area contributed by atoms with E-state index in [9.17, 15) is 14.9 Å². The number of benzene rings is 1. The topological polar surface area (TPSA) is 80.4 Å². The third kappa shape index (κ3) is 2.85. The number of hydrogen-bond donors (Lipinski definition) is 1. The molecule has 0 spiro atoms. The van der Waals surface area contributed by atoms with Crippen LogP contribution in [0.5, 0.6) is 5.75 Å². The van der Waals surface area contributed by atoms with Gasteiger partial charge in [0, 0.05) is 11.6 Å². The average Bonchev–Trinajstić information content (AvgIpc) is 2.20. The highest BCUT2D eigenvalue weighted by Gasteiger charge is 2.11. The molecular formula is C9H11NO4. The van der Waals surface area contributed by atoms with Gasteiger partial charge in [0.2, 0.25) is 0 Å². The minimum Gasteiger partial charge on any atom is -0.502 e. The Morgan fingerprint density at radius 3 is 2.36 bits per heavy atom. The normalized spacial score (nSPS) is 8.43. The van der Waals surface area contributed by atoms with Crippen LogP contribution in [-0.2, 0) is 0 Å². The lowest BCUT2D eigenvalue weighted by Gasteiger charge is -1.94.